The molecule has 0 N–H and O–H groups in total. The number of hydrogen-bond acceptors (Lipinski definition) is 17. The molecule has 0 spiro atoms. The lowest BCUT2D eigenvalue weighted by Crippen LogP contribution is -2.68. The highest BCUT2D eigenvalue weighted by molar-refractivity contribution is 5.66. The molecule has 9 aromatic rings. The molecular weight excluding hydrogens is 1330 g/mol. The van der Waals surface area contributed by atoms with Crippen molar-refractivity contribution in [1.82, 2.24) is 0 Å². The van der Waals surface area contributed by atoms with Crippen molar-refractivity contribution < 1.29 is 80.6 Å². The Morgan fingerprint density at radius 2 is 0.543 bits per heavy atom. The fraction of sp³-hybridized carbons (Fsp3) is 0.352. The van der Waals surface area contributed by atoms with Crippen molar-refractivity contribution in [2.75, 3.05) is 26.4 Å². The summed E-state index contributed by atoms with van der Waals surface area (Å²) < 4.78 is 115. The lowest BCUT2D eigenvalue weighted by molar-refractivity contribution is -0.404. The van der Waals surface area contributed by atoms with E-state index in [0.29, 0.717) is 19.4 Å². The van der Waals surface area contributed by atoms with Crippen molar-refractivity contribution in [3.8, 4) is 0 Å². The second kappa shape index (κ2) is 41.5. The molecule has 3 aliphatic rings. The van der Waals surface area contributed by atoms with Gasteiger partial charge in [0.25, 0.3) is 0 Å². The first-order chi connectivity index (χ1) is 51.9. The Balaban J connectivity index is 1.00. The number of carbonyl (C=O) groups is 1. The number of hydrogen-bond donors (Lipinski definition) is 0. The highest BCUT2D eigenvalue weighted by Gasteiger charge is 2.58. The van der Waals surface area contributed by atoms with Gasteiger partial charge in [-0.05, 0) is 62.9 Å². The Morgan fingerprint density at radius 1 is 0.305 bits per heavy atom. The monoisotopic (exact) mass is 1420 g/mol. The van der Waals surface area contributed by atoms with Crippen molar-refractivity contribution in [2.45, 2.75) is 171 Å². The summed E-state index contributed by atoms with van der Waals surface area (Å²) in [5.74, 6) is -0.631. The minimum absolute atomic E-state index is 0.0149. The molecule has 3 aliphatic heterocycles. The molecule has 3 saturated heterocycles. The van der Waals surface area contributed by atoms with Gasteiger partial charge >= 0.3 is 5.97 Å². The maximum absolute atomic E-state index is 14.1. The number of ether oxygens (including phenoxy) is 16. The van der Waals surface area contributed by atoms with Crippen LogP contribution in [-0.2, 0) is 140 Å². The molecule has 105 heavy (non-hydrogen) atoms. The Bertz CT molecular complexity index is 3860. The summed E-state index contributed by atoms with van der Waals surface area (Å²) in [6.07, 6.45) is -13.6. The fourth-order valence-electron chi connectivity index (χ4n) is 13.1. The summed E-state index contributed by atoms with van der Waals surface area (Å²) >= 11 is 0. The van der Waals surface area contributed by atoms with Gasteiger partial charge in [0.2, 0.25) is 0 Å². The van der Waals surface area contributed by atoms with Gasteiger partial charge in [-0.15, -0.1) is 6.58 Å². The number of allylic oxidation sites excluding steroid dienone is 1. The molecule has 0 saturated carbocycles. The molecule has 550 valence electrons. The van der Waals surface area contributed by atoms with Gasteiger partial charge < -0.3 is 75.8 Å². The first-order valence-electron chi connectivity index (χ1n) is 36.3. The van der Waals surface area contributed by atoms with Crippen molar-refractivity contribution in [2.24, 2.45) is 0 Å². The van der Waals surface area contributed by atoms with Gasteiger partial charge in [0.1, 0.15) is 67.1 Å². The van der Waals surface area contributed by atoms with Crippen LogP contribution in [0.5, 0.6) is 0 Å². The zero-order valence-corrected chi connectivity index (χ0v) is 59.5. The molecule has 12 rings (SSSR count). The molecule has 0 aromatic heterocycles. The second-order valence-corrected chi connectivity index (χ2v) is 26.3. The first-order valence-corrected chi connectivity index (χ1v) is 36.3. The lowest BCUT2D eigenvalue weighted by Gasteiger charge is -2.52. The molecule has 0 bridgehead atoms. The molecule has 17 heteroatoms. The molecule has 0 radical (unpaired) electrons. The van der Waals surface area contributed by atoms with Crippen molar-refractivity contribution >= 4 is 5.97 Å². The van der Waals surface area contributed by atoms with E-state index in [0.717, 1.165) is 50.1 Å². The third-order valence-electron chi connectivity index (χ3n) is 18.4. The Morgan fingerprint density at radius 3 is 0.819 bits per heavy atom. The number of benzene rings is 9. The topological polar surface area (TPSA) is 165 Å². The molecule has 0 unspecified atom stereocenters. The molecule has 17 nitrogen and oxygen atoms in total. The minimum atomic E-state index is -1.49. The summed E-state index contributed by atoms with van der Waals surface area (Å²) in [6.45, 7) is 7.15. The van der Waals surface area contributed by atoms with Crippen molar-refractivity contribution in [3.63, 3.8) is 0 Å². The van der Waals surface area contributed by atoms with Crippen LogP contribution in [0.15, 0.2) is 286 Å². The van der Waals surface area contributed by atoms with Gasteiger partial charge in [0, 0.05) is 6.92 Å². The highest BCUT2D eigenvalue weighted by atomic mass is 16.8. The summed E-state index contributed by atoms with van der Waals surface area (Å²) in [4.78, 5) is 14.1. The van der Waals surface area contributed by atoms with Gasteiger partial charge in [0.15, 0.2) is 25.0 Å². The van der Waals surface area contributed by atoms with E-state index in [-0.39, 0.29) is 79.3 Å². The average molecular weight is 1430 g/mol. The molecule has 15 atom stereocenters. The lowest BCUT2D eigenvalue weighted by atomic mass is 9.95. The van der Waals surface area contributed by atoms with E-state index in [1.54, 1.807) is 0 Å². The average Bonchev–Trinajstić information content (AvgIpc) is 0.761. The predicted octanol–water partition coefficient (Wildman–Crippen LogP) is 15.0. The maximum atomic E-state index is 14.1. The van der Waals surface area contributed by atoms with Gasteiger partial charge in [-0.3, -0.25) is 4.79 Å². The van der Waals surface area contributed by atoms with Crippen LogP contribution in [-0.4, -0.2) is 125 Å². The summed E-state index contributed by atoms with van der Waals surface area (Å²) in [7, 11) is 0. The molecular formula is C88H96O17. The third-order valence-corrected chi connectivity index (χ3v) is 18.4. The van der Waals surface area contributed by atoms with Crippen LogP contribution in [0, 0.1) is 0 Å². The SMILES string of the molecule is C=CCCCO[C@H]1O[C@H](COCc2ccccc2)[C@@H](OCc2ccccc2)[C@H](OCc2ccccc2)[C@@H]1O[C@H]1O[C@H](COCc2ccccc2)[C@@H](OCc2ccccc2)[C@H](OCc2ccccc2)[C@@H]1O[C@H]1O[C@H](COCc2ccccc2)[C@@H](OCc2ccccc2)[C@H](OCc2ccccc2)[C@@H]1OC(C)=O. The summed E-state index contributed by atoms with van der Waals surface area (Å²) in [6, 6.07) is 89.0. The predicted molar refractivity (Wildman–Crippen MR) is 395 cm³/mol. The summed E-state index contributed by atoms with van der Waals surface area (Å²) in [5.41, 5.74) is 8.19. The number of esters is 1. The van der Waals surface area contributed by atoms with E-state index in [1.807, 2.05) is 279 Å². The Kier molecular flexibility index (Phi) is 30.1. The molecule has 3 heterocycles. The van der Waals surface area contributed by atoms with Gasteiger partial charge in [-0.25, -0.2) is 0 Å². The van der Waals surface area contributed by atoms with Crippen LogP contribution in [0.2, 0.25) is 0 Å². The zero-order chi connectivity index (χ0) is 71.9. The highest BCUT2D eigenvalue weighted by Crippen LogP contribution is 2.40. The second-order valence-electron chi connectivity index (χ2n) is 26.3. The van der Waals surface area contributed by atoms with Crippen LogP contribution in [0.3, 0.4) is 0 Å². The van der Waals surface area contributed by atoms with Crippen LogP contribution >= 0.6 is 0 Å². The van der Waals surface area contributed by atoms with Crippen molar-refractivity contribution in [1.29, 1.82) is 0 Å². The van der Waals surface area contributed by atoms with Crippen molar-refractivity contribution in [3.05, 3.63) is 336 Å². The van der Waals surface area contributed by atoms with Crippen LogP contribution in [0.25, 0.3) is 0 Å². The van der Waals surface area contributed by atoms with E-state index in [2.05, 4.69) is 6.58 Å². The summed E-state index contributed by atoms with van der Waals surface area (Å²) in [5, 5.41) is 0. The standard InChI is InChI=1S/C88H96O17/c1-3-4-32-51-93-86-83(80(97-58-71-45-26-11-27-46-71)77(94-55-68-39-20-8-21-40-68)74(101-86)61-90-52-65-33-14-5-15-34-65)104-88-85(82(99-60-73-49-30-13-31-50-73)79(96-57-70-43-24-10-25-44-70)76(103-88)63-92-54-67-37-18-7-19-38-67)105-87-84(100-64(2)89)81(98-59-72-47-28-12-29-48-72)78(95-56-69-41-22-9-23-42-69)75(102-87)62-91-53-66-35-16-6-17-36-66/h3,5-31,33-50,74-88H,1,4,32,51-63H2,2H3/t74-,75-,76-,77-,78-,79-,80+,81+,82+,83+,84+,85+,86+,87-,88-/m1/s1. The Labute approximate surface area is 617 Å². The number of carbonyl (C=O) groups excluding carboxylic acids is 1. The minimum Gasteiger partial charge on any atom is -0.454 e. The normalized spacial score (nSPS) is 24.6. The molecule has 0 aliphatic carbocycles. The van der Waals surface area contributed by atoms with E-state index in [9.17, 15) is 4.79 Å². The smallest absolute Gasteiger partial charge is 0.303 e. The largest absolute Gasteiger partial charge is 0.454 e. The van der Waals surface area contributed by atoms with E-state index in [4.69, 9.17) is 75.8 Å². The van der Waals surface area contributed by atoms with Crippen LogP contribution in [0.4, 0.5) is 0 Å². The quantitative estimate of drug-likeness (QED) is 0.0202. The fourth-order valence-corrected chi connectivity index (χ4v) is 13.1. The first kappa shape index (κ1) is 76.2. The van der Waals surface area contributed by atoms with Gasteiger partial charge in [-0.1, -0.05) is 279 Å². The third kappa shape index (κ3) is 23.3. The number of rotatable bonds is 40. The molecule has 9 aromatic carbocycles. The van der Waals surface area contributed by atoms with E-state index < -0.39 is 98.1 Å². The zero-order valence-electron chi connectivity index (χ0n) is 59.5. The van der Waals surface area contributed by atoms with E-state index >= 15 is 0 Å². The Hall–Kier alpha value is -8.41. The maximum Gasteiger partial charge on any atom is 0.303 e. The molecule has 0 amide bonds. The van der Waals surface area contributed by atoms with Gasteiger partial charge in [-0.2, -0.15) is 0 Å². The van der Waals surface area contributed by atoms with Crippen LogP contribution < -0.4 is 0 Å². The van der Waals surface area contributed by atoms with Gasteiger partial charge in [0.05, 0.1) is 85.9 Å². The number of unbranched alkanes of at least 4 members (excludes halogenated alkanes) is 1. The molecule has 3 fully saturated rings. The van der Waals surface area contributed by atoms with Crippen LogP contribution in [0.1, 0.15) is 69.8 Å². The van der Waals surface area contributed by atoms with E-state index in [1.165, 1.54) is 6.92 Å².